The lowest BCUT2D eigenvalue weighted by atomic mass is 10.2. The number of rotatable bonds is 6. The highest BCUT2D eigenvalue weighted by Gasteiger charge is 2.20. The molecular formula is C16H15ClN4OS3. The van der Waals surface area contributed by atoms with Crippen molar-refractivity contribution in [1.82, 2.24) is 14.2 Å². The molecule has 3 rings (SSSR count). The van der Waals surface area contributed by atoms with E-state index in [0.29, 0.717) is 22.8 Å². The molecule has 1 amide bonds. The van der Waals surface area contributed by atoms with Gasteiger partial charge >= 0.3 is 0 Å². The Bertz CT molecular complexity index is 872. The number of amides is 1. The first-order valence-corrected chi connectivity index (χ1v) is 10.9. The standard InChI is InChI=1S/C16H15ClN4OS3/c1-23-15-13(16(24-2)25-20-15)14(22)19-12-7-18-21(9-12)8-10-4-3-5-11(17)6-10/h3-7,9H,8H2,1-2H3,(H,19,22). The molecule has 1 aromatic carbocycles. The van der Waals surface area contributed by atoms with E-state index < -0.39 is 0 Å². The van der Waals surface area contributed by atoms with Crippen molar-refractivity contribution in [2.24, 2.45) is 0 Å². The molecule has 0 radical (unpaired) electrons. The van der Waals surface area contributed by atoms with Crippen LogP contribution in [0.15, 0.2) is 45.9 Å². The van der Waals surface area contributed by atoms with Crippen LogP contribution in [0.25, 0.3) is 0 Å². The van der Waals surface area contributed by atoms with E-state index in [1.165, 1.54) is 35.1 Å². The highest BCUT2D eigenvalue weighted by Crippen LogP contribution is 2.33. The molecule has 0 aliphatic heterocycles. The van der Waals surface area contributed by atoms with E-state index in [4.69, 9.17) is 11.6 Å². The van der Waals surface area contributed by atoms with E-state index in [1.54, 1.807) is 17.1 Å². The third kappa shape index (κ3) is 4.38. The Kier molecular flexibility index (Phi) is 6.06. The SMILES string of the molecule is CSc1nsc(SC)c1C(=O)Nc1cnn(Cc2cccc(Cl)c2)c1. The van der Waals surface area contributed by atoms with Crippen LogP contribution in [0, 0.1) is 0 Å². The lowest BCUT2D eigenvalue weighted by Gasteiger charge is -2.04. The Morgan fingerprint density at radius 3 is 2.92 bits per heavy atom. The summed E-state index contributed by atoms with van der Waals surface area (Å²) in [5.41, 5.74) is 2.33. The van der Waals surface area contributed by atoms with Gasteiger partial charge in [0.1, 0.15) is 5.03 Å². The number of thioether (sulfide) groups is 2. The number of carbonyl (C=O) groups is 1. The Labute approximate surface area is 163 Å². The normalized spacial score (nSPS) is 10.8. The zero-order valence-electron chi connectivity index (χ0n) is 13.5. The van der Waals surface area contributed by atoms with Crippen LogP contribution in [0.5, 0.6) is 0 Å². The molecule has 5 nitrogen and oxygen atoms in total. The highest BCUT2D eigenvalue weighted by atomic mass is 35.5. The zero-order valence-corrected chi connectivity index (χ0v) is 16.7. The maximum absolute atomic E-state index is 12.6. The summed E-state index contributed by atoms with van der Waals surface area (Å²) in [7, 11) is 0. The van der Waals surface area contributed by atoms with Gasteiger partial charge in [-0.05, 0) is 41.7 Å². The predicted octanol–water partition coefficient (Wildman–Crippen LogP) is 4.74. The Balaban J connectivity index is 1.73. The number of benzene rings is 1. The van der Waals surface area contributed by atoms with E-state index >= 15 is 0 Å². The van der Waals surface area contributed by atoms with Gasteiger partial charge in [-0.15, -0.1) is 23.5 Å². The molecule has 0 fully saturated rings. The topological polar surface area (TPSA) is 59.8 Å². The minimum atomic E-state index is -0.162. The molecule has 1 N–H and O–H groups in total. The molecule has 2 aromatic heterocycles. The Hall–Kier alpha value is -1.48. The summed E-state index contributed by atoms with van der Waals surface area (Å²) >= 11 is 10.3. The van der Waals surface area contributed by atoms with Gasteiger partial charge in [0, 0.05) is 11.2 Å². The third-order valence-electron chi connectivity index (χ3n) is 3.36. The van der Waals surface area contributed by atoms with Crippen LogP contribution in [0.3, 0.4) is 0 Å². The summed E-state index contributed by atoms with van der Waals surface area (Å²) in [6.45, 7) is 0.586. The number of anilines is 1. The summed E-state index contributed by atoms with van der Waals surface area (Å²) in [4.78, 5) is 12.6. The predicted molar refractivity (Wildman–Crippen MR) is 106 cm³/mol. The van der Waals surface area contributed by atoms with Gasteiger partial charge < -0.3 is 5.32 Å². The second kappa shape index (κ2) is 8.27. The molecule has 0 unspecified atom stereocenters. The smallest absolute Gasteiger partial charge is 0.260 e. The van der Waals surface area contributed by atoms with Crippen LogP contribution in [0.2, 0.25) is 5.02 Å². The van der Waals surface area contributed by atoms with Crippen LogP contribution in [0.4, 0.5) is 5.69 Å². The molecule has 0 spiro atoms. The monoisotopic (exact) mass is 410 g/mol. The van der Waals surface area contributed by atoms with E-state index in [9.17, 15) is 4.79 Å². The average molecular weight is 411 g/mol. The fourth-order valence-electron chi connectivity index (χ4n) is 2.26. The van der Waals surface area contributed by atoms with Crippen LogP contribution >= 0.6 is 46.7 Å². The van der Waals surface area contributed by atoms with Crippen LogP contribution < -0.4 is 5.32 Å². The lowest BCUT2D eigenvalue weighted by Crippen LogP contribution is -2.12. The summed E-state index contributed by atoms with van der Waals surface area (Å²) in [5.74, 6) is -0.162. The first-order valence-electron chi connectivity index (χ1n) is 7.26. The maximum Gasteiger partial charge on any atom is 0.260 e. The minimum Gasteiger partial charge on any atom is -0.319 e. The van der Waals surface area contributed by atoms with E-state index in [-0.39, 0.29) is 5.91 Å². The van der Waals surface area contributed by atoms with Gasteiger partial charge in [0.25, 0.3) is 5.91 Å². The summed E-state index contributed by atoms with van der Waals surface area (Å²) in [6.07, 6.45) is 7.30. The van der Waals surface area contributed by atoms with Crippen molar-refractivity contribution in [3.63, 3.8) is 0 Å². The molecule has 0 atom stereocenters. The number of aromatic nitrogens is 3. The molecule has 0 bridgehead atoms. The van der Waals surface area contributed by atoms with Crippen molar-refractivity contribution in [1.29, 1.82) is 0 Å². The van der Waals surface area contributed by atoms with Crippen molar-refractivity contribution in [3.8, 4) is 0 Å². The van der Waals surface area contributed by atoms with Gasteiger partial charge in [0.05, 0.1) is 28.2 Å². The van der Waals surface area contributed by atoms with Gasteiger partial charge in [-0.25, -0.2) is 0 Å². The van der Waals surface area contributed by atoms with Crippen LogP contribution in [0.1, 0.15) is 15.9 Å². The lowest BCUT2D eigenvalue weighted by molar-refractivity contribution is 0.102. The highest BCUT2D eigenvalue weighted by molar-refractivity contribution is 8.01. The van der Waals surface area contributed by atoms with E-state index in [2.05, 4.69) is 14.8 Å². The van der Waals surface area contributed by atoms with Gasteiger partial charge in [-0.2, -0.15) is 9.47 Å². The van der Waals surface area contributed by atoms with Crippen molar-refractivity contribution >= 4 is 58.3 Å². The molecule has 0 saturated carbocycles. The molecule has 0 aliphatic carbocycles. The zero-order chi connectivity index (χ0) is 17.8. The molecule has 9 heteroatoms. The Morgan fingerprint density at radius 1 is 1.36 bits per heavy atom. The fourth-order valence-corrected chi connectivity index (χ4v) is 4.75. The molecule has 3 aromatic rings. The molecule has 130 valence electrons. The molecule has 2 heterocycles. The Morgan fingerprint density at radius 2 is 2.20 bits per heavy atom. The van der Waals surface area contributed by atoms with Gasteiger partial charge in [0.15, 0.2) is 0 Å². The van der Waals surface area contributed by atoms with Crippen LogP contribution in [-0.2, 0) is 6.54 Å². The van der Waals surface area contributed by atoms with Gasteiger partial charge in [-0.3, -0.25) is 9.48 Å². The largest absolute Gasteiger partial charge is 0.319 e. The number of nitrogens with zero attached hydrogens (tertiary/aromatic N) is 3. The van der Waals surface area contributed by atoms with E-state index in [1.807, 2.05) is 36.8 Å². The second-order valence-electron chi connectivity index (χ2n) is 5.07. The third-order valence-corrected chi connectivity index (χ3v) is 6.34. The van der Waals surface area contributed by atoms with E-state index in [0.717, 1.165) is 14.8 Å². The number of hydrogen-bond acceptors (Lipinski definition) is 6. The number of carbonyl (C=O) groups excluding carboxylic acids is 1. The van der Waals surface area contributed by atoms with Crippen molar-refractivity contribution in [3.05, 3.63) is 52.8 Å². The summed E-state index contributed by atoms with van der Waals surface area (Å²) in [6, 6.07) is 7.62. The molecular weight excluding hydrogens is 396 g/mol. The summed E-state index contributed by atoms with van der Waals surface area (Å²) < 4.78 is 7.00. The van der Waals surface area contributed by atoms with Gasteiger partial charge in [0.2, 0.25) is 0 Å². The van der Waals surface area contributed by atoms with Crippen LogP contribution in [-0.4, -0.2) is 32.6 Å². The number of nitrogens with one attached hydrogen (secondary N) is 1. The quantitative estimate of drug-likeness (QED) is 0.595. The first-order chi connectivity index (χ1) is 12.1. The fraction of sp³-hybridized carbons (Fsp3) is 0.188. The number of halogens is 1. The first kappa shape index (κ1) is 18.3. The molecule has 0 aliphatic rings. The molecule has 0 saturated heterocycles. The molecule has 25 heavy (non-hydrogen) atoms. The maximum atomic E-state index is 12.6. The minimum absolute atomic E-state index is 0.162. The van der Waals surface area contributed by atoms with Crippen molar-refractivity contribution < 1.29 is 4.79 Å². The number of hydrogen-bond donors (Lipinski definition) is 1. The summed E-state index contributed by atoms with van der Waals surface area (Å²) in [5, 5.41) is 8.64. The second-order valence-corrected chi connectivity index (χ2v) is 8.15. The van der Waals surface area contributed by atoms with Gasteiger partial charge in [-0.1, -0.05) is 23.7 Å². The average Bonchev–Trinajstić information content (AvgIpc) is 3.21. The van der Waals surface area contributed by atoms with Crippen molar-refractivity contribution in [2.75, 3.05) is 17.8 Å². The van der Waals surface area contributed by atoms with Crippen molar-refractivity contribution in [2.45, 2.75) is 15.8 Å².